The van der Waals surface area contributed by atoms with E-state index in [2.05, 4.69) is 26.8 Å². The topological polar surface area (TPSA) is 46.5 Å². The molecule has 0 spiro atoms. The summed E-state index contributed by atoms with van der Waals surface area (Å²) in [7, 11) is 1.50. The summed E-state index contributed by atoms with van der Waals surface area (Å²) in [5.74, 6) is 4.56. The zero-order chi connectivity index (χ0) is 20.8. The van der Waals surface area contributed by atoms with Crippen LogP contribution in [0.4, 0.5) is 0 Å². The molecular formula is C27H46O3. The van der Waals surface area contributed by atoms with Crippen molar-refractivity contribution >= 4 is 5.97 Å². The lowest BCUT2D eigenvalue weighted by Gasteiger charge is -2.55. The Morgan fingerprint density at radius 2 is 2.00 bits per heavy atom. The van der Waals surface area contributed by atoms with Gasteiger partial charge in [0.05, 0.1) is 12.7 Å². The van der Waals surface area contributed by atoms with Crippen LogP contribution in [0.5, 0.6) is 0 Å². The highest BCUT2D eigenvalue weighted by Gasteiger charge is 2.57. The summed E-state index contributed by atoms with van der Waals surface area (Å²) in [5, 5.41) is 10.8. The zero-order valence-corrected chi connectivity index (χ0v) is 19.1. The van der Waals surface area contributed by atoms with Crippen molar-refractivity contribution in [2.45, 2.75) is 104 Å². The van der Waals surface area contributed by atoms with E-state index in [0.717, 1.165) is 55.3 Å². The molecule has 3 fully saturated rings. The van der Waals surface area contributed by atoms with Crippen molar-refractivity contribution in [3.8, 4) is 0 Å². The van der Waals surface area contributed by atoms with Gasteiger partial charge in [-0.15, -0.1) is 0 Å². The number of hydrogen-bond acceptors (Lipinski definition) is 3. The van der Waals surface area contributed by atoms with E-state index in [4.69, 9.17) is 4.74 Å². The Morgan fingerprint density at radius 3 is 2.70 bits per heavy atom. The van der Waals surface area contributed by atoms with Gasteiger partial charge >= 0.3 is 5.97 Å². The fourth-order valence-corrected chi connectivity index (χ4v) is 8.29. The lowest BCUT2D eigenvalue weighted by Crippen LogP contribution is -2.48. The highest BCUT2D eigenvalue weighted by molar-refractivity contribution is 5.69. The van der Waals surface area contributed by atoms with Gasteiger partial charge in [0.25, 0.3) is 0 Å². The first-order chi connectivity index (χ1) is 13.8. The summed E-state index contributed by atoms with van der Waals surface area (Å²) >= 11 is 0. The summed E-state index contributed by atoms with van der Waals surface area (Å²) in [6, 6.07) is 0. The number of hydrogen-bond donors (Lipinski definition) is 1. The number of rotatable bonds is 5. The van der Waals surface area contributed by atoms with Crippen LogP contribution < -0.4 is 0 Å². The molecule has 8 atom stereocenters. The van der Waals surface area contributed by atoms with E-state index in [1.165, 1.54) is 45.6 Å². The van der Waals surface area contributed by atoms with E-state index < -0.39 is 5.60 Å². The lowest BCUT2D eigenvalue weighted by molar-refractivity contribution is -0.141. The van der Waals surface area contributed by atoms with Gasteiger partial charge < -0.3 is 9.84 Å². The average Bonchev–Trinajstić information content (AvgIpc) is 3.08. The van der Waals surface area contributed by atoms with Gasteiger partial charge in [-0.05, 0) is 105 Å². The van der Waals surface area contributed by atoms with E-state index in [1.54, 1.807) is 5.57 Å². The van der Waals surface area contributed by atoms with E-state index >= 15 is 0 Å². The molecule has 0 radical (unpaired) electrons. The summed E-state index contributed by atoms with van der Waals surface area (Å²) in [6.07, 6.45) is 14.7. The first-order valence-electron chi connectivity index (χ1n) is 12.3. The fourth-order valence-electron chi connectivity index (χ4n) is 8.29. The molecule has 3 nitrogen and oxygen atoms in total. The second-order valence-electron chi connectivity index (χ2n) is 11.2. The SMILES string of the molecule is C.CC[C@]1(O)CC[C@H]2C(=CC[C@@H]3[C@@H]2CC[C@]2(C)[C@@H]([C@H](C)CCC(=O)OC)CC[C@@H]32)C1. The quantitative estimate of drug-likeness (QED) is 0.407. The number of aliphatic hydroxyl groups is 1. The highest BCUT2D eigenvalue weighted by Crippen LogP contribution is 2.65. The molecule has 3 heteroatoms. The minimum absolute atomic E-state index is 0. The van der Waals surface area contributed by atoms with Gasteiger partial charge in [-0.25, -0.2) is 0 Å². The predicted octanol–water partition coefficient (Wildman–Crippen LogP) is 6.54. The molecule has 0 heterocycles. The summed E-state index contributed by atoms with van der Waals surface area (Å²) in [6.45, 7) is 7.09. The molecule has 0 unspecified atom stereocenters. The van der Waals surface area contributed by atoms with Crippen LogP contribution in [0.3, 0.4) is 0 Å². The number of carbonyl (C=O) groups excluding carboxylic acids is 1. The van der Waals surface area contributed by atoms with Gasteiger partial charge in [0.2, 0.25) is 0 Å². The van der Waals surface area contributed by atoms with E-state index in [1.807, 2.05) is 0 Å². The van der Waals surface area contributed by atoms with E-state index in [-0.39, 0.29) is 13.4 Å². The molecule has 4 rings (SSSR count). The van der Waals surface area contributed by atoms with Gasteiger partial charge in [0, 0.05) is 6.42 Å². The maximum atomic E-state index is 11.6. The molecule has 4 aliphatic rings. The van der Waals surface area contributed by atoms with Crippen LogP contribution in [0.1, 0.15) is 98.8 Å². The third-order valence-corrected chi connectivity index (χ3v) is 10.0. The Labute approximate surface area is 185 Å². The summed E-state index contributed by atoms with van der Waals surface area (Å²) in [5.41, 5.74) is 1.60. The van der Waals surface area contributed by atoms with Crippen LogP contribution in [0.15, 0.2) is 11.6 Å². The molecule has 0 aromatic heterocycles. The second kappa shape index (κ2) is 8.96. The molecule has 0 aliphatic heterocycles. The molecule has 3 saturated carbocycles. The van der Waals surface area contributed by atoms with Crippen molar-refractivity contribution in [1.82, 2.24) is 0 Å². The Hall–Kier alpha value is -0.830. The van der Waals surface area contributed by atoms with Gasteiger partial charge in [0.15, 0.2) is 0 Å². The molecule has 0 saturated heterocycles. The molecule has 0 aromatic rings. The Morgan fingerprint density at radius 1 is 1.23 bits per heavy atom. The van der Waals surface area contributed by atoms with Gasteiger partial charge in [-0.2, -0.15) is 0 Å². The Kier molecular flexibility index (Phi) is 7.12. The van der Waals surface area contributed by atoms with Crippen molar-refractivity contribution in [2.75, 3.05) is 7.11 Å². The average molecular weight is 419 g/mol. The number of ether oxygens (including phenoxy) is 1. The van der Waals surface area contributed by atoms with Crippen molar-refractivity contribution in [2.24, 2.45) is 40.9 Å². The summed E-state index contributed by atoms with van der Waals surface area (Å²) in [4.78, 5) is 11.6. The van der Waals surface area contributed by atoms with Crippen LogP contribution >= 0.6 is 0 Å². The van der Waals surface area contributed by atoms with Crippen LogP contribution in [0, 0.1) is 40.9 Å². The Bertz CT molecular complexity index is 654. The molecular weight excluding hydrogens is 372 g/mol. The van der Waals surface area contributed by atoms with Crippen LogP contribution in [0.25, 0.3) is 0 Å². The predicted molar refractivity (Wildman–Crippen MR) is 123 cm³/mol. The number of fused-ring (bicyclic) bond motifs is 5. The summed E-state index contributed by atoms with van der Waals surface area (Å²) < 4.78 is 4.88. The highest BCUT2D eigenvalue weighted by atomic mass is 16.5. The van der Waals surface area contributed by atoms with E-state index in [0.29, 0.717) is 17.8 Å². The maximum Gasteiger partial charge on any atom is 0.305 e. The fraction of sp³-hybridized carbons (Fsp3) is 0.889. The Balaban J connectivity index is 0.00000256. The molecule has 0 amide bonds. The number of esters is 1. The minimum atomic E-state index is -0.439. The molecule has 1 N–H and O–H groups in total. The number of allylic oxidation sites excluding steroid dienone is 1. The van der Waals surface area contributed by atoms with Crippen LogP contribution in [0.2, 0.25) is 0 Å². The van der Waals surface area contributed by atoms with Gasteiger partial charge in [-0.3, -0.25) is 4.79 Å². The zero-order valence-electron chi connectivity index (χ0n) is 19.1. The number of methoxy groups -OCH3 is 1. The first-order valence-corrected chi connectivity index (χ1v) is 12.3. The van der Waals surface area contributed by atoms with Crippen molar-refractivity contribution in [3.05, 3.63) is 11.6 Å². The lowest BCUT2D eigenvalue weighted by atomic mass is 9.50. The normalized spacial score (nSPS) is 43.4. The molecule has 172 valence electrons. The third kappa shape index (κ3) is 4.00. The minimum Gasteiger partial charge on any atom is -0.469 e. The largest absolute Gasteiger partial charge is 0.469 e. The molecule has 0 bridgehead atoms. The second-order valence-corrected chi connectivity index (χ2v) is 11.2. The molecule has 30 heavy (non-hydrogen) atoms. The maximum absolute atomic E-state index is 11.6. The first kappa shape index (κ1) is 23.8. The van der Waals surface area contributed by atoms with Crippen LogP contribution in [-0.2, 0) is 9.53 Å². The van der Waals surface area contributed by atoms with Crippen LogP contribution in [-0.4, -0.2) is 23.8 Å². The molecule has 4 aliphatic carbocycles. The van der Waals surface area contributed by atoms with Gasteiger partial charge in [-0.1, -0.05) is 39.8 Å². The smallest absolute Gasteiger partial charge is 0.305 e. The van der Waals surface area contributed by atoms with E-state index in [9.17, 15) is 9.90 Å². The van der Waals surface area contributed by atoms with Crippen molar-refractivity contribution in [3.63, 3.8) is 0 Å². The monoisotopic (exact) mass is 418 g/mol. The third-order valence-electron chi connectivity index (χ3n) is 10.0. The van der Waals surface area contributed by atoms with Gasteiger partial charge in [0.1, 0.15) is 0 Å². The van der Waals surface area contributed by atoms with Crippen molar-refractivity contribution in [1.29, 1.82) is 0 Å². The van der Waals surface area contributed by atoms with Crippen molar-refractivity contribution < 1.29 is 14.6 Å². The number of carbonyl (C=O) groups is 1. The standard InChI is InChI=1S/C26H42O3.CH4/c1-5-26(28)15-13-19-18(16-26)7-8-21-20(19)12-14-25(3)22(9-10-23(21)25)17(2)6-11-24(27)29-4;/h7,17,19-23,28H,5-6,8-16H2,1-4H3;1H4/t17-,19+,20-,21-,22-,23+,25-,26+;/m1./s1. The molecule has 0 aromatic carbocycles.